The van der Waals surface area contributed by atoms with E-state index < -0.39 is 9.84 Å². The van der Waals surface area contributed by atoms with Crippen LogP contribution in [0.15, 0.2) is 66.1 Å². The zero-order valence-electron chi connectivity index (χ0n) is 19.2. The fourth-order valence-electron chi connectivity index (χ4n) is 4.25. The molecule has 0 saturated carbocycles. The van der Waals surface area contributed by atoms with Crippen molar-refractivity contribution in [2.75, 3.05) is 6.26 Å². The normalized spacial score (nSPS) is 11.9. The number of sulfone groups is 1. The van der Waals surface area contributed by atoms with Crippen LogP contribution in [0.25, 0.3) is 10.9 Å². The van der Waals surface area contributed by atoms with Crippen molar-refractivity contribution in [2.24, 2.45) is 0 Å². The lowest BCUT2D eigenvalue weighted by Gasteiger charge is -2.11. The summed E-state index contributed by atoms with van der Waals surface area (Å²) in [5.41, 5.74) is 3.78. The molecule has 8 nitrogen and oxygen atoms in total. The number of imidazole rings is 1. The molecule has 0 fully saturated rings. The standard InChI is InChI=1S/C25H25FN6O2S/c1-35(33,34)21-7-4-17(5-8-21)11-24-30-31-25(32(24)10-2-3-20-15-27-16-29-20)12-18-14-28-23-13-19(26)6-9-22(18)23/h4-9,13-16,28H,2-3,10-12H2,1H3,(H,27,29). The Morgan fingerprint density at radius 3 is 2.49 bits per heavy atom. The highest BCUT2D eigenvalue weighted by Crippen LogP contribution is 2.23. The van der Waals surface area contributed by atoms with Gasteiger partial charge >= 0.3 is 0 Å². The van der Waals surface area contributed by atoms with Gasteiger partial charge in [0.05, 0.1) is 11.2 Å². The Kier molecular flexibility index (Phi) is 6.21. The first kappa shape index (κ1) is 23.0. The van der Waals surface area contributed by atoms with Crippen molar-refractivity contribution in [3.05, 3.63) is 95.5 Å². The van der Waals surface area contributed by atoms with E-state index in [-0.39, 0.29) is 5.82 Å². The number of aryl methyl sites for hydroxylation is 1. The molecule has 10 heteroatoms. The third-order valence-electron chi connectivity index (χ3n) is 6.08. The Morgan fingerprint density at radius 1 is 1.00 bits per heavy atom. The smallest absolute Gasteiger partial charge is 0.175 e. The van der Waals surface area contributed by atoms with Crippen LogP contribution in [0.1, 0.15) is 34.9 Å². The lowest BCUT2D eigenvalue weighted by Crippen LogP contribution is -2.10. The number of hydrogen-bond acceptors (Lipinski definition) is 5. The van der Waals surface area contributed by atoms with Crippen molar-refractivity contribution in [1.82, 2.24) is 29.7 Å². The summed E-state index contributed by atoms with van der Waals surface area (Å²) in [5.74, 6) is 1.35. The molecule has 3 heterocycles. The molecule has 0 aliphatic carbocycles. The third kappa shape index (κ3) is 5.17. The molecule has 180 valence electrons. The molecule has 2 N–H and O–H groups in total. The number of nitrogens with one attached hydrogen (secondary N) is 2. The summed E-state index contributed by atoms with van der Waals surface area (Å²) in [5, 5.41) is 9.93. The molecule has 0 saturated heterocycles. The van der Waals surface area contributed by atoms with Gasteiger partial charge in [0, 0.05) is 54.6 Å². The van der Waals surface area contributed by atoms with E-state index in [1.807, 2.05) is 24.5 Å². The van der Waals surface area contributed by atoms with Crippen LogP contribution in [0.2, 0.25) is 0 Å². The SMILES string of the molecule is CS(=O)(=O)c1ccc(Cc2nnc(Cc3c[nH]c4cc(F)ccc34)n2CCCc2cnc[nH]2)cc1. The minimum absolute atomic E-state index is 0.281. The van der Waals surface area contributed by atoms with E-state index in [1.54, 1.807) is 24.5 Å². The first-order chi connectivity index (χ1) is 16.9. The summed E-state index contributed by atoms with van der Waals surface area (Å²) in [4.78, 5) is 10.6. The van der Waals surface area contributed by atoms with Gasteiger partial charge < -0.3 is 14.5 Å². The van der Waals surface area contributed by atoms with E-state index in [4.69, 9.17) is 0 Å². The van der Waals surface area contributed by atoms with Gasteiger partial charge in [-0.2, -0.15) is 0 Å². The molecule has 0 aliphatic rings. The van der Waals surface area contributed by atoms with Gasteiger partial charge in [-0.3, -0.25) is 0 Å². The fraction of sp³-hybridized carbons (Fsp3) is 0.240. The van der Waals surface area contributed by atoms with Crippen molar-refractivity contribution in [3.8, 4) is 0 Å². The topological polar surface area (TPSA) is 109 Å². The van der Waals surface area contributed by atoms with Crippen LogP contribution < -0.4 is 0 Å². The summed E-state index contributed by atoms with van der Waals surface area (Å²) in [6.07, 6.45) is 9.36. The number of aromatic nitrogens is 6. The lowest BCUT2D eigenvalue weighted by molar-refractivity contribution is 0.593. The minimum atomic E-state index is -3.25. The van der Waals surface area contributed by atoms with Gasteiger partial charge in [0.15, 0.2) is 9.84 Å². The lowest BCUT2D eigenvalue weighted by atomic mass is 10.1. The zero-order valence-corrected chi connectivity index (χ0v) is 20.0. The highest BCUT2D eigenvalue weighted by Gasteiger charge is 2.16. The van der Waals surface area contributed by atoms with E-state index >= 15 is 0 Å². The molecule has 5 rings (SSSR count). The van der Waals surface area contributed by atoms with E-state index in [0.717, 1.165) is 58.8 Å². The van der Waals surface area contributed by atoms with Gasteiger partial charge in [-0.15, -0.1) is 10.2 Å². The van der Waals surface area contributed by atoms with Gasteiger partial charge in [-0.1, -0.05) is 12.1 Å². The molecular weight excluding hydrogens is 467 g/mol. The van der Waals surface area contributed by atoms with Crippen LogP contribution in [-0.4, -0.2) is 44.4 Å². The van der Waals surface area contributed by atoms with Gasteiger partial charge in [-0.05, 0) is 54.3 Å². The molecule has 0 aliphatic heterocycles. The molecule has 0 bridgehead atoms. The molecule has 0 amide bonds. The molecule has 0 spiro atoms. The van der Waals surface area contributed by atoms with Gasteiger partial charge in [0.2, 0.25) is 0 Å². The second-order valence-electron chi connectivity index (χ2n) is 8.64. The van der Waals surface area contributed by atoms with Crippen LogP contribution in [-0.2, 0) is 35.6 Å². The van der Waals surface area contributed by atoms with Crippen LogP contribution in [0.5, 0.6) is 0 Å². The molecule has 0 unspecified atom stereocenters. The number of fused-ring (bicyclic) bond motifs is 1. The quantitative estimate of drug-likeness (QED) is 0.325. The Bertz CT molecular complexity index is 1550. The fourth-order valence-corrected chi connectivity index (χ4v) is 4.88. The molecular formula is C25H25FN6O2S. The summed E-state index contributed by atoms with van der Waals surface area (Å²) in [6, 6.07) is 11.6. The predicted molar refractivity (Wildman–Crippen MR) is 130 cm³/mol. The predicted octanol–water partition coefficient (Wildman–Crippen LogP) is 3.84. The van der Waals surface area contributed by atoms with Crippen molar-refractivity contribution < 1.29 is 12.8 Å². The third-order valence-corrected chi connectivity index (χ3v) is 7.21. The second-order valence-corrected chi connectivity index (χ2v) is 10.7. The summed E-state index contributed by atoms with van der Waals surface area (Å²) >= 11 is 0. The van der Waals surface area contributed by atoms with Crippen molar-refractivity contribution >= 4 is 20.7 Å². The number of nitrogens with zero attached hydrogens (tertiary/aromatic N) is 4. The number of rotatable bonds is 9. The highest BCUT2D eigenvalue weighted by atomic mass is 32.2. The van der Waals surface area contributed by atoms with E-state index in [2.05, 4.69) is 29.7 Å². The Balaban J connectivity index is 1.42. The number of aromatic amines is 2. The second kappa shape index (κ2) is 9.46. The van der Waals surface area contributed by atoms with Crippen LogP contribution in [0.4, 0.5) is 4.39 Å². The Labute approximate surface area is 202 Å². The van der Waals surface area contributed by atoms with Crippen LogP contribution in [0, 0.1) is 5.82 Å². The largest absolute Gasteiger partial charge is 0.361 e. The monoisotopic (exact) mass is 492 g/mol. The van der Waals surface area contributed by atoms with Gasteiger partial charge in [-0.25, -0.2) is 17.8 Å². The first-order valence-corrected chi connectivity index (χ1v) is 13.2. The van der Waals surface area contributed by atoms with Crippen molar-refractivity contribution in [2.45, 2.75) is 37.1 Å². The van der Waals surface area contributed by atoms with E-state index in [9.17, 15) is 12.8 Å². The molecule has 2 aromatic carbocycles. The molecule has 5 aromatic rings. The molecule has 0 atom stereocenters. The average Bonchev–Trinajstić information content (AvgIpc) is 3.56. The Hall–Kier alpha value is -3.79. The Morgan fingerprint density at radius 2 is 1.77 bits per heavy atom. The van der Waals surface area contributed by atoms with E-state index in [0.29, 0.717) is 17.7 Å². The van der Waals surface area contributed by atoms with Crippen LogP contribution >= 0.6 is 0 Å². The maximum absolute atomic E-state index is 13.6. The molecule has 35 heavy (non-hydrogen) atoms. The number of halogens is 1. The first-order valence-electron chi connectivity index (χ1n) is 11.3. The van der Waals surface area contributed by atoms with E-state index in [1.165, 1.54) is 18.4 Å². The minimum Gasteiger partial charge on any atom is -0.361 e. The van der Waals surface area contributed by atoms with Crippen molar-refractivity contribution in [3.63, 3.8) is 0 Å². The maximum Gasteiger partial charge on any atom is 0.175 e. The van der Waals surface area contributed by atoms with Gasteiger partial charge in [0.25, 0.3) is 0 Å². The molecule has 3 aromatic heterocycles. The highest BCUT2D eigenvalue weighted by molar-refractivity contribution is 7.90. The number of hydrogen-bond donors (Lipinski definition) is 2. The van der Waals surface area contributed by atoms with Crippen molar-refractivity contribution in [1.29, 1.82) is 0 Å². The van der Waals surface area contributed by atoms with Gasteiger partial charge in [0.1, 0.15) is 17.5 Å². The zero-order chi connectivity index (χ0) is 24.4. The summed E-state index contributed by atoms with van der Waals surface area (Å²) in [6.45, 7) is 0.717. The van der Waals surface area contributed by atoms with Crippen LogP contribution in [0.3, 0.4) is 0 Å². The molecule has 0 radical (unpaired) electrons. The number of H-pyrrole nitrogens is 2. The summed E-state index contributed by atoms with van der Waals surface area (Å²) < 4.78 is 39.3. The maximum atomic E-state index is 13.6. The summed E-state index contributed by atoms with van der Waals surface area (Å²) in [7, 11) is -3.25. The number of benzene rings is 2. The average molecular weight is 493 g/mol.